The average Bonchev–Trinajstić information content (AvgIpc) is 3.26. The monoisotopic (exact) mass is 794 g/mol. The summed E-state index contributed by atoms with van der Waals surface area (Å²) < 4.78 is 94.2. The number of piperazine rings is 1. The van der Waals surface area contributed by atoms with E-state index in [2.05, 4.69) is 20.9 Å². The van der Waals surface area contributed by atoms with Gasteiger partial charge in [-0.1, -0.05) is 6.92 Å². The van der Waals surface area contributed by atoms with Crippen molar-refractivity contribution in [1.29, 1.82) is 0 Å². The fourth-order valence-corrected chi connectivity index (χ4v) is 5.55. The number of benzene rings is 2. The molecule has 275 valence electrons. The molecule has 0 atom stereocenters. The zero-order valence-corrected chi connectivity index (χ0v) is 33.3. The molecule has 15 heteroatoms. The Balaban J connectivity index is 0.000000783. The summed E-state index contributed by atoms with van der Waals surface area (Å²) in [6.45, 7) is 15.2. The van der Waals surface area contributed by atoms with E-state index in [9.17, 15) is 31.1 Å². The summed E-state index contributed by atoms with van der Waals surface area (Å²) in [7, 11) is 2.51. The SMILES string of the molecule is CN1CCN(c2cc(B3OC(C)(C)C(C)(C)O3)c(N(C)C(=O)C(C)(C)c3cc(C(F)(F)F)cc(C(F)(F)F)c3)cn2)CC1.Cc1[c-]cccc1.[Y]. The molecule has 7 nitrogen and oxygen atoms in total. The van der Waals surface area contributed by atoms with Crippen LogP contribution in [0.3, 0.4) is 0 Å². The molecule has 0 aliphatic carbocycles. The molecule has 5 rings (SSSR count). The Morgan fingerprint density at radius 2 is 1.39 bits per heavy atom. The molecule has 1 radical (unpaired) electrons. The molecule has 0 spiro atoms. The van der Waals surface area contributed by atoms with Crippen LogP contribution in [0.15, 0.2) is 54.7 Å². The van der Waals surface area contributed by atoms with Gasteiger partial charge in [-0.05, 0) is 78.4 Å². The molecular formula is C36H44BF6N4O3Y-. The fourth-order valence-electron chi connectivity index (χ4n) is 5.55. The summed E-state index contributed by atoms with van der Waals surface area (Å²) in [5, 5.41) is 0. The van der Waals surface area contributed by atoms with Crippen molar-refractivity contribution in [3.8, 4) is 0 Å². The number of amides is 1. The third-order valence-corrected chi connectivity index (χ3v) is 9.61. The van der Waals surface area contributed by atoms with Crippen LogP contribution in [0.4, 0.5) is 37.8 Å². The predicted molar refractivity (Wildman–Crippen MR) is 183 cm³/mol. The standard InChI is InChI=1S/C29H37BF6N4O3.C7H7.Y/c1-25(2,18-13-19(28(31,32)33)15-20(14-18)29(34,35)36)24(41)39(8)22-17-37-23(40-11-9-38(7)10-12-40)16-21(22)30-42-26(3,4)27(5,6)43-30;1-7-5-3-2-4-6-7;/h13-17H,9-12H2,1-8H3;2-5H,1H3;/q;-1;. The number of aryl methyl sites for hydroxylation is 1. The molecule has 0 bridgehead atoms. The number of rotatable bonds is 5. The second-order valence-electron chi connectivity index (χ2n) is 14.3. The Morgan fingerprint density at radius 1 is 0.882 bits per heavy atom. The van der Waals surface area contributed by atoms with Crippen LogP contribution in [0.2, 0.25) is 0 Å². The Hall–Kier alpha value is -2.51. The first kappa shape index (κ1) is 42.9. The van der Waals surface area contributed by atoms with E-state index in [0.29, 0.717) is 36.5 Å². The van der Waals surface area contributed by atoms with Crippen molar-refractivity contribution in [3.63, 3.8) is 0 Å². The minimum atomic E-state index is -5.05. The summed E-state index contributed by atoms with van der Waals surface area (Å²) in [6.07, 6.45) is -8.63. The molecule has 0 N–H and O–H groups in total. The normalized spacial score (nSPS) is 17.7. The zero-order valence-electron chi connectivity index (χ0n) is 30.5. The van der Waals surface area contributed by atoms with Gasteiger partial charge in [-0.15, -0.1) is 0 Å². The number of carbonyl (C=O) groups is 1. The second-order valence-corrected chi connectivity index (χ2v) is 14.3. The van der Waals surface area contributed by atoms with E-state index in [4.69, 9.17) is 9.31 Å². The van der Waals surface area contributed by atoms with Crippen molar-refractivity contribution in [2.24, 2.45) is 0 Å². The second kappa shape index (κ2) is 15.8. The van der Waals surface area contributed by atoms with Gasteiger partial charge in [0, 0.05) is 71.4 Å². The van der Waals surface area contributed by atoms with E-state index in [1.165, 1.54) is 37.6 Å². The van der Waals surface area contributed by atoms with Crippen LogP contribution in [0.25, 0.3) is 0 Å². The zero-order chi connectivity index (χ0) is 37.4. The number of anilines is 2. The Morgan fingerprint density at radius 3 is 1.82 bits per heavy atom. The number of halogens is 6. The van der Waals surface area contributed by atoms with Crippen LogP contribution in [-0.4, -0.2) is 74.4 Å². The van der Waals surface area contributed by atoms with Crippen LogP contribution < -0.4 is 15.3 Å². The van der Waals surface area contributed by atoms with Gasteiger partial charge in [-0.2, -0.15) is 62.2 Å². The van der Waals surface area contributed by atoms with Crippen molar-refractivity contribution in [3.05, 3.63) is 83.0 Å². The summed E-state index contributed by atoms with van der Waals surface area (Å²) in [6, 6.07) is 13.9. The van der Waals surface area contributed by atoms with Gasteiger partial charge in [0.2, 0.25) is 5.91 Å². The molecule has 0 unspecified atom stereocenters. The number of hydrogen-bond acceptors (Lipinski definition) is 6. The first-order valence-electron chi connectivity index (χ1n) is 16.2. The van der Waals surface area contributed by atoms with Crippen LogP contribution >= 0.6 is 0 Å². The van der Waals surface area contributed by atoms with Gasteiger partial charge < -0.3 is 24.0 Å². The molecule has 3 aromatic rings. The summed E-state index contributed by atoms with van der Waals surface area (Å²) in [5.41, 5.74) is -4.71. The molecule has 1 aromatic heterocycles. The van der Waals surface area contributed by atoms with Gasteiger partial charge >= 0.3 is 19.5 Å². The third-order valence-electron chi connectivity index (χ3n) is 9.61. The molecular weight excluding hydrogens is 750 g/mol. The van der Waals surface area contributed by atoms with Crippen molar-refractivity contribution >= 4 is 30.0 Å². The first-order chi connectivity index (χ1) is 22.9. The molecule has 51 heavy (non-hydrogen) atoms. The number of hydrogen-bond donors (Lipinski definition) is 0. The van der Waals surface area contributed by atoms with E-state index in [1.54, 1.807) is 6.07 Å². The molecule has 2 saturated heterocycles. The molecule has 2 aliphatic rings. The number of aromatic nitrogens is 1. The van der Waals surface area contributed by atoms with Gasteiger partial charge in [0.15, 0.2) is 0 Å². The van der Waals surface area contributed by atoms with Gasteiger partial charge in [-0.25, -0.2) is 4.98 Å². The minimum absolute atomic E-state index is 0. The van der Waals surface area contributed by atoms with E-state index in [-0.39, 0.29) is 44.5 Å². The number of alkyl halides is 6. The van der Waals surface area contributed by atoms with Crippen molar-refractivity contribution in [2.45, 2.75) is 77.4 Å². The van der Waals surface area contributed by atoms with E-state index in [0.717, 1.165) is 13.1 Å². The van der Waals surface area contributed by atoms with Crippen LogP contribution in [-0.2, 0) is 64.6 Å². The smallest absolute Gasteiger partial charge is 0.399 e. The van der Waals surface area contributed by atoms with E-state index >= 15 is 0 Å². The van der Waals surface area contributed by atoms with Crippen molar-refractivity contribution in [1.82, 2.24) is 9.88 Å². The Kier molecular flexibility index (Phi) is 13.3. The molecule has 3 heterocycles. The maximum absolute atomic E-state index is 14.0. The topological polar surface area (TPSA) is 58.1 Å². The number of likely N-dealkylation sites (N-methyl/N-ethyl adjacent to an activating group) is 2. The summed E-state index contributed by atoms with van der Waals surface area (Å²) >= 11 is 0. The predicted octanol–water partition coefficient (Wildman–Crippen LogP) is 6.90. The van der Waals surface area contributed by atoms with Crippen LogP contribution in [0, 0.1) is 13.0 Å². The summed E-state index contributed by atoms with van der Waals surface area (Å²) in [5.74, 6) is -0.110. The molecule has 2 aromatic carbocycles. The minimum Gasteiger partial charge on any atom is -0.399 e. The van der Waals surface area contributed by atoms with E-state index in [1.807, 2.05) is 65.9 Å². The molecule has 2 aliphatic heterocycles. The Labute approximate surface area is 322 Å². The van der Waals surface area contributed by atoms with Crippen LogP contribution in [0.5, 0.6) is 0 Å². The maximum Gasteiger partial charge on any atom is 0.497 e. The van der Waals surface area contributed by atoms with Gasteiger partial charge in [0.25, 0.3) is 0 Å². The molecule has 2 fully saturated rings. The van der Waals surface area contributed by atoms with Gasteiger partial charge in [0.1, 0.15) is 5.82 Å². The number of pyridine rings is 1. The van der Waals surface area contributed by atoms with Crippen LogP contribution in [0.1, 0.15) is 63.8 Å². The van der Waals surface area contributed by atoms with Gasteiger partial charge in [-0.3, -0.25) is 4.79 Å². The van der Waals surface area contributed by atoms with Gasteiger partial charge in [0.05, 0.1) is 39.6 Å². The largest absolute Gasteiger partial charge is 0.497 e. The molecule has 1 amide bonds. The van der Waals surface area contributed by atoms with E-state index < -0.39 is 58.7 Å². The van der Waals surface area contributed by atoms with Crippen molar-refractivity contribution in [2.75, 3.05) is 50.1 Å². The Bertz CT molecular complexity index is 1610. The third kappa shape index (κ3) is 9.93. The molecule has 0 saturated carbocycles. The fraction of sp³-hybridized carbons (Fsp3) is 0.500. The maximum atomic E-state index is 14.0. The quantitative estimate of drug-likeness (QED) is 0.159. The number of nitrogens with zero attached hydrogens (tertiary/aromatic N) is 4. The van der Waals surface area contributed by atoms with Crippen molar-refractivity contribution < 1.29 is 73.2 Å². The average molecular weight is 794 g/mol. The summed E-state index contributed by atoms with van der Waals surface area (Å²) in [4.78, 5) is 24.0. The first-order valence-corrected chi connectivity index (χ1v) is 16.2. The number of carbonyl (C=O) groups excluding carboxylic acids is 1.